The van der Waals surface area contributed by atoms with Crippen LogP contribution in [0, 0.1) is 0 Å². The molecule has 0 bridgehead atoms. The van der Waals surface area contributed by atoms with Crippen molar-refractivity contribution >= 4 is 22.9 Å². The van der Waals surface area contributed by atoms with Crippen molar-refractivity contribution in [2.24, 2.45) is 5.73 Å². The fourth-order valence-electron chi connectivity index (χ4n) is 3.44. The van der Waals surface area contributed by atoms with Crippen molar-refractivity contribution in [2.45, 2.75) is 25.4 Å². The number of aromatic nitrogens is 2. The lowest BCUT2D eigenvalue weighted by Crippen LogP contribution is -2.40. The van der Waals surface area contributed by atoms with Gasteiger partial charge in [-0.05, 0) is 25.5 Å². The number of piperidine rings is 1. The number of methoxy groups -OCH3 is 1. The van der Waals surface area contributed by atoms with Crippen LogP contribution in [0.3, 0.4) is 0 Å². The molecule has 28 heavy (non-hydrogen) atoms. The van der Waals surface area contributed by atoms with Crippen molar-refractivity contribution in [3.05, 3.63) is 44.5 Å². The summed E-state index contributed by atoms with van der Waals surface area (Å²) in [5, 5.41) is 6.23. The van der Waals surface area contributed by atoms with Gasteiger partial charge in [0.15, 0.2) is 0 Å². The molecular weight excluding hydrogens is 378 g/mol. The van der Waals surface area contributed by atoms with E-state index in [4.69, 9.17) is 10.5 Å². The van der Waals surface area contributed by atoms with Gasteiger partial charge in [-0.3, -0.25) is 14.5 Å². The van der Waals surface area contributed by atoms with E-state index in [9.17, 15) is 9.59 Å². The smallest absolute Gasteiger partial charge is 0.269 e. The summed E-state index contributed by atoms with van der Waals surface area (Å²) < 4.78 is 6.68. The molecule has 3 heterocycles. The maximum atomic E-state index is 12.6. The topological polar surface area (TPSA) is 93.7 Å². The molecule has 1 aliphatic rings. The van der Waals surface area contributed by atoms with E-state index in [0.717, 1.165) is 43.0 Å². The SMILES string of the molecule is COCCN(C)c1cnn([C@@H]2CCCN(Cc3cc(C(N)=O)cs3)C2)c(=O)c1. The quantitative estimate of drug-likeness (QED) is 0.712. The molecule has 1 atom stereocenters. The number of likely N-dealkylation sites (N-methyl/N-ethyl adjacent to an activating group) is 1. The number of amides is 1. The molecule has 1 saturated heterocycles. The van der Waals surface area contributed by atoms with Gasteiger partial charge < -0.3 is 15.4 Å². The van der Waals surface area contributed by atoms with Crippen LogP contribution in [0.25, 0.3) is 0 Å². The minimum absolute atomic E-state index is 0.0511. The summed E-state index contributed by atoms with van der Waals surface area (Å²) in [7, 11) is 3.58. The van der Waals surface area contributed by atoms with E-state index in [2.05, 4.69) is 10.00 Å². The third-order valence-electron chi connectivity index (χ3n) is 5.03. The van der Waals surface area contributed by atoms with Crippen molar-refractivity contribution in [1.82, 2.24) is 14.7 Å². The number of nitrogens with zero attached hydrogens (tertiary/aromatic N) is 4. The normalized spacial score (nSPS) is 17.6. The van der Waals surface area contributed by atoms with Crippen molar-refractivity contribution in [3.63, 3.8) is 0 Å². The maximum Gasteiger partial charge on any atom is 0.269 e. The van der Waals surface area contributed by atoms with Gasteiger partial charge in [-0.2, -0.15) is 5.10 Å². The molecule has 1 aliphatic heterocycles. The van der Waals surface area contributed by atoms with E-state index in [1.54, 1.807) is 40.8 Å². The summed E-state index contributed by atoms with van der Waals surface area (Å²) in [4.78, 5) is 29.3. The summed E-state index contributed by atoms with van der Waals surface area (Å²) in [6, 6.07) is 3.54. The van der Waals surface area contributed by atoms with Crippen LogP contribution < -0.4 is 16.2 Å². The van der Waals surface area contributed by atoms with Crippen LogP contribution >= 0.6 is 11.3 Å². The number of carbonyl (C=O) groups is 1. The van der Waals surface area contributed by atoms with E-state index < -0.39 is 5.91 Å². The third kappa shape index (κ3) is 4.98. The second kappa shape index (κ2) is 9.31. The van der Waals surface area contributed by atoms with Gasteiger partial charge in [-0.1, -0.05) is 0 Å². The van der Waals surface area contributed by atoms with Crippen molar-refractivity contribution < 1.29 is 9.53 Å². The van der Waals surface area contributed by atoms with E-state index in [-0.39, 0.29) is 11.6 Å². The van der Waals surface area contributed by atoms with Gasteiger partial charge in [0.2, 0.25) is 5.91 Å². The highest BCUT2D eigenvalue weighted by Crippen LogP contribution is 2.24. The minimum atomic E-state index is -0.398. The fourth-order valence-corrected chi connectivity index (χ4v) is 4.35. The van der Waals surface area contributed by atoms with Gasteiger partial charge >= 0.3 is 0 Å². The molecule has 0 spiro atoms. The fraction of sp³-hybridized carbons (Fsp3) is 0.526. The molecule has 0 saturated carbocycles. The van der Waals surface area contributed by atoms with Crippen LogP contribution in [0.15, 0.2) is 28.5 Å². The molecule has 8 nitrogen and oxygen atoms in total. The standard InChI is InChI=1S/C19H27N5O3S/c1-22(6-7-27-2)16-9-18(25)24(21-10-16)15-4-3-5-23(11-15)12-17-8-14(13-28-17)19(20)26/h8-10,13,15H,3-7,11-12H2,1-2H3,(H2,20,26)/t15-/m1/s1. The molecule has 1 fully saturated rings. The van der Waals surface area contributed by atoms with Gasteiger partial charge in [0.1, 0.15) is 0 Å². The number of likely N-dealkylation sites (tertiary alicyclic amines) is 1. The number of rotatable bonds is 8. The number of carbonyl (C=O) groups excluding carboxylic acids is 1. The van der Waals surface area contributed by atoms with Gasteiger partial charge in [0, 0.05) is 50.1 Å². The number of nitrogens with two attached hydrogens (primary N) is 1. The highest BCUT2D eigenvalue weighted by atomic mass is 32.1. The second-order valence-electron chi connectivity index (χ2n) is 7.11. The Balaban J connectivity index is 1.66. The first-order valence-corrected chi connectivity index (χ1v) is 10.2. The summed E-state index contributed by atoms with van der Waals surface area (Å²) in [5.41, 5.74) is 6.60. The average molecular weight is 406 g/mol. The summed E-state index contributed by atoms with van der Waals surface area (Å²) in [6.45, 7) is 3.77. The number of primary amides is 1. The number of anilines is 1. The number of hydrogen-bond acceptors (Lipinski definition) is 7. The number of hydrogen-bond donors (Lipinski definition) is 1. The third-order valence-corrected chi connectivity index (χ3v) is 5.95. The summed E-state index contributed by atoms with van der Waals surface area (Å²) in [5.74, 6) is -0.398. The Labute approximate surface area is 168 Å². The van der Waals surface area contributed by atoms with Crippen molar-refractivity contribution in [1.29, 1.82) is 0 Å². The first kappa shape index (κ1) is 20.5. The van der Waals surface area contributed by atoms with Crippen LogP contribution in [0.4, 0.5) is 5.69 Å². The highest BCUT2D eigenvalue weighted by Gasteiger charge is 2.23. The lowest BCUT2D eigenvalue weighted by Gasteiger charge is -2.32. The van der Waals surface area contributed by atoms with E-state index in [0.29, 0.717) is 18.7 Å². The van der Waals surface area contributed by atoms with Crippen molar-refractivity contribution in [2.75, 3.05) is 45.3 Å². The monoisotopic (exact) mass is 405 g/mol. The molecule has 2 aromatic heterocycles. The molecule has 0 aromatic carbocycles. The summed E-state index contributed by atoms with van der Waals surface area (Å²) in [6.07, 6.45) is 3.68. The van der Waals surface area contributed by atoms with Crippen LogP contribution in [-0.2, 0) is 11.3 Å². The largest absolute Gasteiger partial charge is 0.383 e. The minimum Gasteiger partial charge on any atom is -0.383 e. The summed E-state index contributed by atoms with van der Waals surface area (Å²) >= 11 is 1.54. The molecule has 1 amide bonds. The Hall–Kier alpha value is -2.23. The van der Waals surface area contributed by atoms with Crippen LogP contribution in [-0.4, -0.2) is 61.0 Å². The Kier molecular flexibility index (Phi) is 6.82. The van der Waals surface area contributed by atoms with E-state index in [1.165, 1.54) is 0 Å². The average Bonchev–Trinajstić information content (AvgIpc) is 3.15. The second-order valence-corrected chi connectivity index (χ2v) is 8.10. The van der Waals surface area contributed by atoms with Crippen LogP contribution in [0.2, 0.25) is 0 Å². The predicted octanol–water partition coefficient (Wildman–Crippen LogP) is 1.32. The van der Waals surface area contributed by atoms with Gasteiger partial charge in [-0.25, -0.2) is 4.68 Å². The lowest BCUT2D eigenvalue weighted by molar-refractivity contribution is 0.100. The molecular formula is C19H27N5O3S. The van der Waals surface area contributed by atoms with Gasteiger partial charge in [-0.15, -0.1) is 11.3 Å². The molecule has 2 N–H and O–H groups in total. The highest BCUT2D eigenvalue weighted by molar-refractivity contribution is 7.10. The number of thiophene rings is 1. The zero-order valence-electron chi connectivity index (χ0n) is 16.3. The number of ether oxygens (including phenoxy) is 1. The first-order valence-electron chi connectivity index (χ1n) is 9.36. The maximum absolute atomic E-state index is 12.6. The molecule has 152 valence electrons. The predicted molar refractivity (Wildman–Crippen MR) is 110 cm³/mol. The van der Waals surface area contributed by atoms with Crippen LogP contribution in [0.5, 0.6) is 0 Å². The van der Waals surface area contributed by atoms with Gasteiger partial charge in [0.25, 0.3) is 5.56 Å². The molecule has 2 aromatic rings. The zero-order valence-corrected chi connectivity index (χ0v) is 17.2. The van der Waals surface area contributed by atoms with Crippen molar-refractivity contribution in [3.8, 4) is 0 Å². The Morgan fingerprint density at radius 2 is 2.29 bits per heavy atom. The molecule has 0 aliphatic carbocycles. The van der Waals surface area contributed by atoms with Crippen LogP contribution in [0.1, 0.15) is 34.1 Å². The molecule has 0 unspecified atom stereocenters. The van der Waals surface area contributed by atoms with Gasteiger partial charge in [0.05, 0.1) is 30.1 Å². The van der Waals surface area contributed by atoms with E-state index in [1.807, 2.05) is 18.0 Å². The lowest BCUT2D eigenvalue weighted by atomic mass is 10.1. The zero-order chi connectivity index (χ0) is 20.1. The Morgan fingerprint density at radius 1 is 1.46 bits per heavy atom. The Bertz CT molecular complexity index is 865. The Morgan fingerprint density at radius 3 is 2.96 bits per heavy atom. The first-order chi connectivity index (χ1) is 13.5. The van der Waals surface area contributed by atoms with E-state index >= 15 is 0 Å². The molecule has 3 rings (SSSR count). The molecule has 9 heteroatoms. The molecule has 0 radical (unpaired) electrons.